The Morgan fingerprint density at radius 3 is 2.78 bits per heavy atom. The van der Waals surface area contributed by atoms with E-state index in [2.05, 4.69) is 4.90 Å². The van der Waals surface area contributed by atoms with Gasteiger partial charge in [0.05, 0.1) is 6.61 Å². The maximum Gasteiger partial charge on any atom is 0.223 e. The van der Waals surface area contributed by atoms with Gasteiger partial charge in [-0.3, -0.25) is 9.63 Å². The molecular formula is C21H32FN3O2. The van der Waals surface area contributed by atoms with E-state index in [-0.39, 0.29) is 11.7 Å². The van der Waals surface area contributed by atoms with Crippen LogP contribution in [0.25, 0.3) is 0 Å². The van der Waals surface area contributed by atoms with Crippen molar-refractivity contribution >= 4 is 5.91 Å². The molecule has 0 N–H and O–H groups in total. The molecule has 0 aromatic heterocycles. The number of likely N-dealkylation sites (tertiary alicyclic amines) is 1. The predicted molar refractivity (Wildman–Crippen MR) is 104 cm³/mol. The fraction of sp³-hybridized carbons (Fsp3) is 0.667. The Kier molecular flexibility index (Phi) is 7.61. The molecule has 2 heterocycles. The lowest BCUT2D eigenvalue weighted by Crippen LogP contribution is -2.40. The zero-order valence-electron chi connectivity index (χ0n) is 16.4. The molecule has 2 fully saturated rings. The van der Waals surface area contributed by atoms with Crippen molar-refractivity contribution in [1.82, 2.24) is 14.9 Å². The average Bonchev–Trinajstić information content (AvgIpc) is 3.19. The van der Waals surface area contributed by atoms with Crippen LogP contribution in [0.3, 0.4) is 0 Å². The van der Waals surface area contributed by atoms with Crippen molar-refractivity contribution < 1.29 is 14.0 Å². The van der Waals surface area contributed by atoms with Crippen LogP contribution in [-0.2, 0) is 16.1 Å². The van der Waals surface area contributed by atoms with Crippen LogP contribution >= 0.6 is 0 Å². The molecule has 27 heavy (non-hydrogen) atoms. The van der Waals surface area contributed by atoms with E-state index in [1.165, 1.54) is 6.07 Å². The van der Waals surface area contributed by atoms with Crippen LogP contribution in [0.1, 0.15) is 31.2 Å². The minimum Gasteiger partial charge on any atom is -0.345 e. The van der Waals surface area contributed by atoms with Crippen LogP contribution in [-0.4, -0.2) is 73.7 Å². The van der Waals surface area contributed by atoms with Crippen molar-refractivity contribution in [2.75, 3.05) is 52.9 Å². The molecule has 5 nitrogen and oxygen atoms in total. The standard InChI is InChI=1S/C21H32FN3O2/c1-23(21(26)9-14-25-10-3-15-27-25)17-19-7-12-24(13-8-19)11-6-18-4-2-5-20(22)16-18/h2,4-5,16,19H,3,6-15,17H2,1H3. The summed E-state index contributed by atoms with van der Waals surface area (Å²) < 4.78 is 13.3. The number of amides is 1. The minimum atomic E-state index is -0.157. The summed E-state index contributed by atoms with van der Waals surface area (Å²) in [6.45, 7) is 6.35. The van der Waals surface area contributed by atoms with E-state index in [9.17, 15) is 9.18 Å². The Labute approximate surface area is 162 Å². The second-order valence-corrected chi connectivity index (χ2v) is 7.80. The molecule has 3 rings (SSSR count). The molecule has 0 radical (unpaired) electrons. The first kappa shape index (κ1) is 20.2. The second-order valence-electron chi connectivity index (χ2n) is 7.80. The van der Waals surface area contributed by atoms with Gasteiger partial charge in [-0.15, -0.1) is 0 Å². The van der Waals surface area contributed by atoms with Gasteiger partial charge in [0.15, 0.2) is 0 Å². The third-order valence-corrected chi connectivity index (χ3v) is 5.67. The van der Waals surface area contributed by atoms with E-state index in [0.717, 1.165) is 70.6 Å². The molecular weight excluding hydrogens is 345 g/mol. The quantitative estimate of drug-likeness (QED) is 0.698. The molecule has 2 aliphatic heterocycles. The molecule has 1 aromatic rings. The number of nitrogens with zero attached hydrogens (tertiary/aromatic N) is 3. The minimum absolute atomic E-state index is 0.157. The largest absolute Gasteiger partial charge is 0.345 e. The first-order valence-electron chi connectivity index (χ1n) is 10.2. The summed E-state index contributed by atoms with van der Waals surface area (Å²) in [5.74, 6) is 0.627. The van der Waals surface area contributed by atoms with Gasteiger partial charge in [-0.2, -0.15) is 5.06 Å². The molecule has 150 valence electrons. The van der Waals surface area contributed by atoms with E-state index in [0.29, 0.717) is 18.9 Å². The Morgan fingerprint density at radius 2 is 2.07 bits per heavy atom. The molecule has 6 heteroatoms. The van der Waals surface area contributed by atoms with E-state index < -0.39 is 0 Å². The van der Waals surface area contributed by atoms with Gasteiger partial charge in [0.2, 0.25) is 5.91 Å². The Morgan fingerprint density at radius 1 is 1.26 bits per heavy atom. The fourth-order valence-electron chi connectivity index (χ4n) is 3.95. The summed E-state index contributed by atoms with van der Waals surface area (Å²) in [5.41, 5.74) is 1.06. The molecule has 0 saturated carbocycles. The Hall–Kier alpha value is -1.50. The summed E-state index contributed by atoms with van der Waals surface area (Å²) in [5, 5.41) is 1.91. The summed E-state index contributed by atoms with van der Waals surface area (Å²) in [7, 11) is 1.92. The zero-order valence-corrected chi connectivity index (χ0v) is 16.4. The highest BCUT2D eigenvalue weighted by Crippen LogP contribution is 2.19. The highest BCUT2D eigenvalue weighted by atomic mass is 19.1. The summed E-state index contributed by atoms with van der Waals surface area (Å²) in [6.07, 6.45) is 4.72. The lowest BCUT2D eigenvalue weighted by atomic mass is 9.96. The maximum atomic E-state index is 13.3. The lowest BCUT2D eigenvalue weighted by molar-refractivity contribution is -0.138. The van der Waals surface area contributed by atoms with Crippen LogP contribution in [0.2, 0.25) is 0 Å². The average molecular weight is 378 g/mol. The Balaban J connectivity index is 1.31. The topological polar surface area (TPSA) is 36.0 Å². The van der Waals surface area contributed by atoms with Gasteiger partial charge in [0.25, 0.3) is 0 Å². The summed E-state index contributed by atoms with van der Waals surface area (Å²) in [4.78, 5) is 22.1. The lowest BCUT2D eigenvalue weighted by Gasteiger charge is -2.34. The molecule has 0 unspecified atom stereocenters. The monoisotopic (exact) mass is 377 g/mol. The highest BCUT2D eigenvalue weighted by molar-refractivity contribution is 5.76. The number of piperidine rings is 1. The van der Waals surface area contributed by atoms with Crippen LogP contribution in [0.5, 0.6) is 0 Å². The van der Waals surface area contributed by atoms with E-state index in [4.69, 9.17) is 4.84 Å². The molecule has 0 atom stereocenters. The van der Waals surface area contributed by atoms with Crippen LogP contribution in [0.15, 0.2) is 24.3 Å². The molecule has 2 aliphatic rings. The van der Waals surface area contributed by atoms with E-state index >= 15 is 0 Å². The van der Waals surface area contributed by atoms with Crippen molar-refractivity contribution in [2.45, 2.75) is 32.1 Å². The Bertz CT molecular complexity index is 599. The number of carbonyl (C=O) groups excluding carboxylic acids is 1. The number of hydrogen-bond donors (Lipinski definition) is 0. The number of benzene rings is 1. The number of halogens is 1. The SMILES string of the molecule is CN(CC1CCN(CCc2cccc(F)c2)CC1)C(=O)CCN1CCCO1. The van der Waals surface area contributed by atoms with Gasteiger partial charge >= 0.3 is 0 Å². The van der Waals surface area contributed by atoms with Gasteiger partial charge in [-0.25, -0.2) is 4.39 Å². The molecule has 0 bridgehead atoms. The number of hydroxylamine groups is 2. The van der Waals surface area contributed by atoms with Gasteiger partial charge in [0.1, 0.15) is 5.82 Å². The van der Waals surface area contributed by atoms with Crippen molar-refractivity contribution in [2.24, 2.45) is 5.92 Å². The molecule has 1 amide bonds. The van der Waals surface area contributed by atoms with E-state index in [1.54, 1.807) is 12.1 Å². The molecule has 1 aromatic carbocycles. The number of carbonyl (C=O) groups is 1. The fourth-order valence-corrected chi connectivity index (χ4v) is 3.95. The van der Waals surface area contributed by atoms with E-state index in [1.807, 2.05) is 23.1 Å². The highest BCUT2D eigenvalue weighted by Gasteiger charge is 2.22. The molecule has 0 spiro atoms. The van der Waals surface area contributed by atoms with Crippen LogP contribution < -0.4 is 0 Å². The maximum absolute atomic E-state index is 13.3. The number of rotatable bonds is 8. The second kappa shape index (κ2) is 10.2. The predicted octanol–water partition coefficient (Wildman–Crippen LogP) is 2.57. The van der Waals surface area contributed by atoms with Crippen LogP contribution in [0.4, 0.5) is 4.39 Å². The molecule has 2 saturated heterocycles. The summed E-state index contributed by atoms with van der Waals surface area (Å²) in [6, 6.07) is 6.88. The van der Waals surface area contributed by atoms with Gasteiger partial charge < -0.3 is 9.80 Å². The first-order chi connectivity index (χ1) is 13.1. The van der Waals surface area contributed by atoms with Crippen molar-refractivity contribution in [3.63, 3.8) is 0 Å². The van der Waals surface area contributed by atoms with Gasteiger partial charge in [-0.1, -0.05) is 12.1 Å². The first-order valence-corrected chi connectivity index (χ1v) is 10.2. The van der Waals surface area contributed by atoms with Gasteiger partial charge in [0, 0.05) is 39.6 Å². The van der Waals surface area contributed by atoms with Crippen LogP contribution in [0, 0.1) is 11.7 Å². The normalized spacial score (nSPS) is 19.5. The molecule has 0 aliphatic carbocycles. The summed E-state index contributed by atoms with van der Waals surface area (Å²) >= 11 is 0. The van der Waals surface area contributed by atoms with Gasteiger partial charge in [-0.05, 0) is 62.4 Å². The third kappa shape index (κ3) is 6.55. The smallest absolute Gasteiger partial charge is 0.223 e. The third-order valence-electron chi connectivity index (χ3n) is 5.67. The number of hydrogen-bond acceptors (Lipinski definition) is 4. The zero-order chi connectivity index (χ0) is 19.1. The van der Waals surface area contributed by atoms with Crippen molar-refractivity contribution in [3.05, 3.63) is 35.6 Å². The van der Waals surface area contributed by atoms with Crippen molar-refractivity contribution in [1.29, 1.82) is 0 Å². The van der Waals surface area contributed by atoms with Crippen molar-refractivity contribution in [3.8, 4) is 0 Å².